The first kappa shape index (κ1) is 16.0. The topological polar surface area (TPSA) is 72.9 Å². The lowest BCUT2D eigenvalue weighted by Gasteiger charge is -2.26. The van der Waals surface area contributed by atoms with Gasteiger partial charge in [0.25, 0.3) is 5.91 Å². The van der Waals surface area contributed by atoms with Crippen molar-refractivity contribution >= 4 is 17.8 Å². The van der Waals surface area contributed by atoms with Gasteiger partial charge in [-0.3, -0.25) is 14.4 Å². The molecule has 0 N–H and O–H groups in total. The Bertz CT molecular complexity index is 573. The fraction of sp³-hybridized carbons (Fsp3) is 0.438. The summed E-state index contributed by atoms with van der Waals surface area (Å²) in [6.45, 7) is 4.92. The molecule has 118 valence electrons. The monoisotopic (exact) mass is 305 g/mol. The average molecular weight is 305 g/mol. The number of carbonyl (C=O) groups is 3. The fourth-order valence-electron chi connectivity index (χ4n) is 2.52. The van der Waals surface area contributed by atoms with Crippen LogP contribution in [0.2, 0.25) is 0 Å². The molecule has 0 unspecified atom stereocenters. The van der Waals surface area contributed by atoms with Crippen molar-refractivity contribution < 1.29 is 23.9 Å². The SMILES string of the molecule is CC(=O)O[C@@H](C)[C@@H](OC(C)=O)C(=O)N1Cc2ccccc2C1. The maximum absolute atomic E-state index is 12.6. The first-order chi connectivity index (χ1) is 10.4. The molecule has 1 aliphatic heterocycles. The summed E-state index contributed by atoms with van der Waals surface area (Å²) in [5, 5.41) is 0. The van der Waals surface area contributed by atoms with Crippen LogP contribution in [0.1, 0.15) is 31.9 Å². The minimum Gasteiger partial charge on any atom is -0.458 e. The van der Waals surface area contributed by atoms with Crippen LogP contribution in [0.5, 0.6) is 0 Å². The van der Waals surface area contributed by atoms with Crippen LogP contribution in [-0.2, 0) is 36.9 Å². The molecular formula is C16H19NO5. The number of rotatable bonds is 4. The highest BCUT2D eigenvalue weighted by atomic mass is 16.6. The van der Waals surface area contributed by atoms with E-state index in [1.54, 1.807) is 4.90 Å². The molecule has 1 heterocycles. The molecule has 1 aromatic rings. The van der Waals surface area contributed by atoms with Crippen molar-refractivity contribution in [3.8, 4) is 0 Å². The number of amides is 1. The third-order valence-electron chi connectivity index (χ3n) is 3.47. The van der Waals surface area contributed by atoms with Gasteiger partial charge in [0, 0.05) is 26.9 Å². The second-order valence-electron chi connectivity index (χ2n) is 5.31. The molecule has 0 aliphatic carbocycles. The minimum atomic E-state index is -1.13. The minimum absolute atomic E-state index is 0.361. The van der Waals surface area contributed by atoms with Gasteiger partial charge in [-0.25, -0.2) is 0 Å². The van der Waals surface area contributed by atoms with Gasteiger partial charge in [0.15, 0.2) is 0 Å². The Labute approximate surface area is 129 Å². The maximum atomic E-state index is 12.6. The van der Waals surface area contributed by atoms with Crippen LogP contribution < -0.4 is 0 Å². The van der Waals surface area contributed by atoms with Crippen LogP contribution in [0, 0.1) is 0 Å². The van der Waals surface area contributed by atoms with Crippen molar-refractivity contribution in [2.24, 2.45) is 0 Å². The molecule has 2 atom stereocenters. The lowest BCUT2D eigenvalue weighted by atomic mass is 10.1. The quantitative estimate of drug-likeness (QED) is 0.786. The molecule has 0 radical (unpaired) electrons. The molecule has 22 heavy (non-hydrogen) atoms. The molecule has 0 aromatic heterocycles. The summed E-state index contributed by atoms with van der Waals surface area (Å²) in [6, 6.07) is 7.74. The highest BCUT2D eigenvalue weighted by Gasteiger charge is 2.36. The van der Waals surface area contributed by atoms with Crippen molar-refractivity contribution in [2.75, 3.05) is 0 Å². The van der Waals surface area contributed by atoms with Crippen molar-refractivity contribution in [1.29, 1.82) is 0 Å². The first-order valence-corrected chi connectivity index (χ1v) is 7.08. The lowest BCUT2D eigenvalue weighted by molar-refractivity contribution is -0.173. The van der Waals surface area contributed by atoms with E-state index in [0.29, 0.717) is 13.1 Å². The number of hydrogen-bond acceptors (Lipinski definition) is 5. The van der Waals surface area contributed by atoms with Gasteiger partial charge in [-0.1, -0.05) is 24.3 Å². The third kappa shape index (κ3) is 3.63. The van der Waals surface area contributed by atoms with E-state index in [-0.39, 0.29) is 5.91 Å². The molecule has 0 bridgehead atoms. The Morgan fingerprint density at radius 1 is 1.00 bits per heavy atom. The second kappa shape index (κ2) is 6.60. The Hall–Kier alpha value is -2.37. The van der Waals surface area contributed by atoms with Gasteiger partial charge in [0.2, 0.25) is 6.10 Å². The molecule has 6 nitrogen and oxygen atoms in total. The first-order valence-electron chi connectivity index (χ1n) is 7.08. The predicted molar refractivity (Wildman–Crippen MR) is 77.5 cm³/mol. The third-order valence-corrected chi connectivity index (χ3v) is 3.47. The van der Waals surface area contributed by atoms with E-state index in [4.69, 9.17) is 9.47 Å². The molecule has 2 rings (SSSR count). The van der Waals surface area contributed by atoms with E-state index in [1.165, 1.54) is 20.8 Å². The lowest BCUT2D eigenvalue weighted by Crippen LogP contribution is -2.45. The van der Waals surface area contributed by atoms with Gasteiger partial charge >= 0.3 is 11.9 Å². The summed E-state index contributed by atoms with van der Waals surface area (Å²) in [5.41, 5.74) is 2.13. The molecule has 0 fully saturated rings. The Morgan fingerprint density at radius 3 is 1.95 bits per heavy atom. The standard InChI is InChI=1S/C16H19NO5/c1-10(21-11(2)18)15(22-12(3)19)16(20)17-8-13-6-4-5-7-14(13)9-17/h4-7,10,15H,8-9H2,1-3H3/t10-,15+/m0/s1. The highest BCUT2D eigenvalue weighted by Crippen LogP contribution is 2.24. The molecule has 1 amide bonds. The zero-order chi connectivity index (χ0) is 16.3. The zero-order valence-corrected chi connectivity index (χ0v) is 12.9. The number of hydrogen-bond donors (Lipinski definition) is 0. The predicted octanol–water partition coefficient (Wildman–Crippen LogP) is 1.41. The second-order valence-corrected chi connectivity index (χ2v) is 5.31. The summed E-state index contributed by atoms with van der Waals surface area (Å²) >= 11 is 0. The number of esters is 2. The molecular weight excluding hydrogens is 286 g/mol. The summed E-state index contributed by atoms with van der Waals surface area (Å²) < 4.78 is 10.1. The van der Waals surface area contributed by atoms with E-state index < -0.39 is 24.1 Å². The van der Waals surface area contributed by atoms with Crippen molar-refractivity contribution in [1.82, 2.24) is 4.90 Å². The average Bonchev–Trinajstić information content (AvgIpc) is 2.86. The van der Waals surface area contributed by atoms with Gasteiger partial charge in [0.1, 0.15) is 6.10 Å². The number of carbonyl (C=O) groups excluding carboxylic acids is 3. The van der Waals surface area contributed by atoms with Crippen molar-refractivity contribution in [3.63, 3.8) is 0 Å². The number of nitrogens with zero attached hydrogens (tertiary/aromatic N) is 1. The van der Waals surface area contributed by atoms with Crippen molar-refractivity contribution in [3.05, 3.63) is 35.4 Å². The maximum Gasteiger partial charge on any atom is 0.303 e. The van der Waals surface area contributed by atoms with Gasteiger partial charge in [0.05, 0.1) is 0 Å². The van der Waals surface area contributed by atoms with Gasteiger partial charge in [-0.2, -0.15) is 0 Å². The molecule has 1 aromatic carbocycles. The summed E-state index contributed by atoms with van der Waals surface area (Å²) in [5.74, 6) is -1.48. The number of fused-ring (bicyclic) bond motifs is 1. The van der Waals surface area contributed by atoms with Crippen LogP contribution in [0.4, 0.5) is 0 Å². The van der Waals surface area contributed by atoms with Crippen LogP contribution >= 0.6 is 0 Å². The van der Waals surface area contributed by atoms with Crippen LogP contribution in [0.25, 0.3) is 0 Å². The van der Waals surface area contributed by atoms with Crippen LogP contribution in [-0.4, -0.2) is 35.0 Å². The Balaban J connectivity index is 2.13. The van der Waals surface area contributed by atoms with Gasteiger partial charge in [-0.15, -0.1) is 0 Å². The molecule has 0 saturated heterocycles. The van der Waals surface area contributed by atoms with Crippen LogP contribution in [0.3, 0.4) is 0 Å². The highest BCUT2D eigenvalue weighted by molar-refractivity contribution is 5.85. The summed E-state index contributed by atoms with van der Waals surface area (Å²) in [7, 11) is 0. The van der Waals surface area contributed by atoms with E-state index in [9.17, 15) is 14.4 Å². The summed E-state index contributed by atoms with van der Waals surface area (Å²) in [4.78, 5) is 36.6. The molecule has 0 spiro atoms. The van der Waals surface area contributed by atoms with E-state index in [1.807, 2.05) is 24.3 Å². The molecule has 1 aliphatic rings. The van der Waals surface area contributed by atoms with E-state index in [0.717, 1.165) is 11.1 Å². The van der Waals surface area contributed by atoms with Gasteiger partial charge < -0.3 is 14.4 Å². The molecule has 0 saturated carbocycles. The van der Waals surface area contributed by atoms with Crippen molar-refractivity contribution in [2.45, 2.75) is 46.1 Å². The number of ether oxygens (including phenoxy) is 2. The summed E-state index contributed by atoms with van der Waals surface area (Å²) in [6.07, 6.45) is -1.96. The largest absolute Gasteiger partial charge is 0.458 e. The van der Waals surface area contributed by atoms with E-state index in [2.05, 4.69) is 0 Å². The fourth-order valence-corrected chi connectivity index (χ4v) is 2.52. The van der Waals surface area contributed by atoms with Gasteiger partial charge in [-0.05, 0) is 18.1 Å². The molecule has 6 heteroatoms. The van der Waals surface area contributed by atoms with E-state index >= 15 is 0 Å². The Kier molecular flexibility index (Phi) is 4.80. The Morgan fingerprint density at radius 2 is 1.50 bits per heavy atom. The smallest absolute Gasteiger partial charge is 0.303 e. The number of benzene rings is 1. The zero-order valence-electron chi connectivity index (χ0n) is 12.9. The normalized spacial score (nSPS) is 15.7. The van der Waals surface area contributed by atoms with Crippen LogP contribution in [0.15, 0.2) is 24.3 Å².